The van der Waals surface area contributed by atoms with Gasteiger partial charge in [-0.15, -0.1) is 0 Å². The number of nitrogens with zero attached hydrogens (tertiary/aromatic N) is 3. The maximum Gasteiger partial charge on any atom is 0.240 e. The van der Waals surface area contributed by atoms with Crippen molar-refractivity contribution in [3.63, 3.8) is 0 Å². The molecule has 17 heavy (non-hydrogen) atoms. The summed E-state index contributed by atoms with van der Waals surface area (Å²) in [6.07, 6.45) is 6.91. The van der Waals surface area contributed by atoms with Crippen molar-refractivity contribution in [1.29, 1.82) is 0 Å². The Bertz CT molecular complexity index is 333. The lowest BCUT2D eigenvalue weighted by molar-refractivity contribution is 0.222. The molecule has 0 saturated heterocycles. The molecule has 5 heteroatoms. The lowest BCUT2D eigenvalue weighted by Crippen LogP contribution is -2.27. The van der Waals surface area contributed by atoms with Crippen LogP contribution < -0.4 is 5.73 Å². The van der Waals surface area contributed by atoms with Gasteiger partial charge < -0.3 is 10.3 Å². The first-order valence-corrected chi connectivity index (χ1v) is 6.48. The summed E-state index contributed by atoms with van der Waals surface area (Å²) in [5, 5.41) is 3.91. The van der Waals surface area contributed by atoms with E-state index in [0.717, 1.165) is 24.8 Å². The van der Waals surface area contributed by atoms with Crippen molar-refractivity contribution in [2.24, 2.45) is 11.7 Å². The Labute approximate surface area is 102 Å². The van der Waals surface area contributed by atoms with Gasteiger partial charge >= 0.3 is 0 Å². The molecule has 2 N–H and O–H groups in total. The zero-order valence-electron chi connectivity index (χ0n) is 10.6. The number of rotatable bonds is 5. The van der Waals surface area contributed by atoms with Crippen molar-refractivity contribution in [3.05, 3.63) is 11.7 Å². The number of nitrogens with two attached hydrogens (primary N) is 1. The molecule has 1 aliphatic carbocycles. The Hall–Kier alpha value is -0.940. The van der Waals surface area contributed by atoms with E-state index in [1.54, 1.807) is 0 Å². The Morgan fingerprint density at radius 3 is 2.76 bits per heavy atom. The molecule has 1 aromatic rings. The van der Waals surface area contributed by atoms with Crippen molar-refractivity contribution in [2.45, 2.75) is 45.2 Å². The number of hydrogen-bond acceptors (Lipinski definition) is 5. The molecule has 1 saturated carbocycles. The molecule has 0 atom stereocenters. The molecule has 0 bridgehead atoms. The average molecular weight is 238 g/mol. The second-order valence-corrected chi connectivity index (χ2v) is 5.01. The van der Waals surface area contributed by atoms with E-state index in [2.05, 4.69) is 22.1 Å². The topological polar surface area (TPSA) is 68.2 Å². The van der Waals surface area contributed by atoms with E-state index in [-0.39, 0.29) is 0 Å². The fourth-order valence-corrected chi connectivity index (χ4v) is 2.55. The van der Waals surface area contributed by atoms with Crippen molar-refractivity contribution in [2.75, 3.05) is 13.6 Å². The predicted octanol–water partition coefficient (Wildman–Crippen LogP) is 1.54. The van der Waals surface area contributed by atoms with Crippen LogP contribution in [0, 0.1) is 5.92 Å². The third kappa shape index (κ3) is 3.78. The minimum absolute atomic E-state index is 0.319. The van der Waals surface area contributed by atoms with E-state index in [0.29, 0.717) is 12.4 Å². The van der Waals surface area contributed by atoms with Crippen LogP contribution in [0.2, 0.25) is 0 Å². The van der Waals surface area contributed by atoms with Crippen LogP contribution >= 0.6 is 0 Å². The van der Waals surface area contributed by atoms with E-state index in [9.17, 15) is 0 Å². The summed E-state index contributed by atoms with van der Waals surface area (Å²) >= 11 is 0. The Kier molecular flexibility index (Phi) is 4.50. The average Bonchev–Trinajstić information content (AvgIpc) is 2.78. The SMILES string of the molecule is CN(Cc1noc(CN)n1)CC1CCCCC1. The van der Waals surface area contributed by atoms with Crippen LogP contribution in [0.1, 0.15) is 43.8 Å². The van der Waals surface area contributed by atoms with Gasteiger partial charge in [-0.25, -0.2) is 0 Å². The highest BCUT2D eigenvalue weighted by Gasteiger charge is 2.16. The second kappa shape index (κ2) is 6.12. The van der Waals surface area contributed by atoms with E-state index in [1.807, 2.05) is 0 Å². The van der Waals surface area contributed by atoms with Gasteiger partial charge in [-0.1, -0.05) is 24.4 Å². The van der Waals surface area contributed by atoms with Crippen LogP contribution in [0.25, 0.3) is 0 Å². The highest BCUT2D eigenvalue weighted by molar-refractivity contribution is 4.85. The van der Waals surface area contributed by atoms with Gasteiger partial charge in [0.2, 0.25) is 5.89 Å². The number of aromatic nitrogens is 2. The highest BCUT2D eigenvalue weighted by Crippen LogP contribution is 2.24. The second-order valence-electron chi connectivity index (χ2n) is 5.01. The summed E-state index contributed by atoms with van der Waals surface area (Å²) in [5.74, 6) is 2.10. The van der Waals surface area contributed by atoms with E-state index >= 15 is 0 Å². The minimum atomic E-state index is 0.319. The van der Waals surface area contributed by atoms with Crippen LogP contribution in [0.15, 0.2) is 4.52 Å². The molecule has 1 aliphatic rings. The first kappa shape index (κ1) is 12.5. The Balaban J connectivity index is 1.77. The lowest BCUT2D eigenvalue weighted by atomic mass is 9.89. The summed E-state index contributed by atoms with van der Waals surface area (Å²) in [7, 11) is 2.12. The lowest BCUT2D eigenvalue weighted by Gasteiger charge is -2.26. The fraction of sp³-hybridized carbons (Fsp3) is 0.833. The maximum absolute atomic E-state index is 5.43. The fourth-order valence-electron chi connectivity index (χ4n) is 2.55. The molecule has 1 heterocycles. The summed E-state index contributed by atoms with van der Waals surface area (Å²) in [5.41, 5.74) is 5.43. The molecule has 1 aromatic heterocycles. The Morgan fingerprint density at radius 1 is 1.35 bits per heavy atom. The molecule has 1 fully saturated rings. The summed E-state index contributed by atoms with van der Waals surface area (Å²) in [6.45, 7) is 2.20. The first-order valence-electron chi connectivity index (χ1n) is 6.48. The van der Waals surface area contributed by atoms with Crippen LogP contribution in [0.4, 0.5) is 0 Å². The van der Waals surface area contributed by atoms with Crippen LogP contribution in [-0.4, -0.2) is 28.6 Å². The third-order valence-corrected chi connectivity index (χ3v) is 3.39. The van der Waals surface area contributed by atoms with Crippen molar-refractivity contribution >= 4 is 0 Å². The number of hydrogen-bond donors (Lipinski definition) is 1. The van der Waals surface area contributed by atoms with Gasteiger partial charge in [0.1, 0.15) is 0 Å². The van der Waals surface area contributed by atoms with Gasteiger partial charge in [0.25, 0.3) is 0 Å². The van der Waals surface area contributed by atoms with Gasteiger partial charge in [0, 0.05) is 6.54 Å². The third-order valence-electron chi connectivity index (χ3n) is 3.39. The van der Waals surface area contributed by atoms with E-state index in [1.165, 1.54) is 32.1 Å². The van der Waals surface area contributed by atoms with Gasteiger partial charge in [-0.2, -0.15) is 4.98 Å². The van der Waals surface area contributed by atoms with Crippen molar-refractivity contribution in [3.8, 4) is 0 Å². The van der Waals surface area contributed by atoms with Gasteiger partial charge in [-0.05, 0) is 25.8 Å². The minimum Gasteiger partial charge on any atom is -0.338 e. The molecule has 5 nitrogen and oxygen atoms in total. The quantitative estimate of drug-likeness (QED) is 0.842. The molecule has 0 amide bonds. The Morgan fingerprint density at radius 2 is 2.12 bits per heavy atom. The van der Waals surface area contributed by atoms with Gasteiger partial charge in [-0.3, -0.25) is 4.90 Å². The largest absolute Gasteiger partial charge is 0.338 e. The maximum atomic E-state index is 5.43. The standard InChI is InChI=1S/C12H22N4O/c1-16(8-10-5-3-2-4-6-10)9-11-14-12(7-13)17-15-11/h10H,2-9,13H2,1H3. The monoisotopic (exact) mass is 238 g/mol. The molecule has 0 radical (unpaired) electrons. The molecule has 2 rings (SSSR count). The van der Waals surface area contributed by atoms with Gasteiger partial charge in [0.15, 0.2) is 5.82 Å². The zero-order valence-corrected chi connectivity index (χ0v) is 10.6. The molecule has 96 valence electrons. The van der Waals surface area contributed by atoms with Crippen molar-refractivity contribution < 1.29 is 4.52 Å². The molecule has 0 aromatic carbocycles. The summed E-state index contributed by atoms with van der Waals surface area (Å²) < 4.78 is 4.99. The van der Waals surface area contributed by atoms with Crippen LogP contribution in [-0.2, 0) is 13.1 Å². The molecule has 0 spiro atoms. The normalized spacial score (nSPS) is 17.8. The molecule has 0 unspecified atom stereocenters. The smallest absolute Gasteiger partial charge is 0.240 e. The van der Waals surface area contributed by atoms with E-state index in [4.69, 9.17) is 10.3 Å². The van der Waals surface area contributed by atoms with Crippen molar-refractivity contribution in [1.82, 2.24) is 15.0 Å². The summed E-state index contributed by atoms with van der Waals surface area (Å²) in [6, 6.07) is 0. The predicted molar refractivity (Wildman–Crippen MR) is 65.1 cm³/mol. The highest BCUT2D eigenvalue weighted by atomic mass is 16.5. The van der Waals surface area contributed by atoms with E-state index < -0.39 is 0 Å². The first-order chi connectivity index (χ1) is 8.28. The van der Waals surface area contributed by atoms with Crippen LogP contribution in [0.3, 0.4) is 0 Å². The molecule has 0 aliphatic heterocycles. The van der Waals surface area contributed by atoms with Gasteiger partial charge in [0.05, 0.1) is 13.1 Å². The molecular weight excluding hydrogens is 216 g/mol. The van der Waals surface area contributed by atoms with Crippen LogP contribution in [0.5, 0.6) is 0 Å². The zero-order chi connectivity index (χ0) is 12.1. The molecular formula is C12H22N4O. The summed E-state index contributed by atoms with van der Waals surface area (Å²) in [4.78, 5) is 6.50.